The van der Waals surface area contributed by atoms with Gasteiger partial charge in [0.05, 0.1) is 4.90 Å². The molecule has 0 heterocycles. The summed E-state index contributed by atoms with van der Waals surface area (Å²) in [6.07, 6.45) is 2.09. The third-order valence-corrected chi connectivity index (χ3v) is 7.66. The Morgan fingerprint density at radius 1 is 1.03 bits per heavy atom. The topological polar surface area (TPSA) is 83.1 Å². The molecule has 1 amide bonds. The summed E-state index contributed by atoms with van der Waals surface area (Å²) in [6, 6.07) is 16.7. The molecular weight excluding hydrogens is 398 g/mol. The van der Waals surface area contributed by atoms with Crippen LogP contribution in [0.15, 0.2) is 59.5 Å². The molecule has 0 bridgehead atoms. The predicted molar refractivity (Wildman–Crippen MR) is 117 cm³/mol. The number of nitrogens with one attached hydrogen (secondary N) is 1. The SMILES string of the molecule is CCN(CC)S(=O)(=O)c1ccc([C@H](C)[NH2+][C@H](C(=O)NC2CC2)c2ccccc2)cc1. The lowest BCUT2D eigenvalue weighted by molar-refractivity contribution is -0.719. The number of nitrogens with two attached hydrogens (primary N) is 1. The standard InChI is InChI=1S/C23H31N3O3S/c1-4-26(5-2)30(28,29)21-15-11-18(12-16-21)17(3)24-22(19-9-7-6-8-10-19)23(27)25-20-13-14-20/h6-12,15-17,20,22,24H,4-5,13-14H2,1-3H3,(H,25,27)/p+1/t17-,22-/m0/s1. The fourth-order valence-corrected chi connectivity index (χ4v) is 5.04. The van der Waals surface area contributed by atoms with Crippen molar-refractivity contribution in [2.24, 2.45) is 0 Å². The van der Waals surface area contributed by atoms with Crippen LogP contribution in [0, 0.1) is 0 Å². The number of carbonyl (C=O) groups excluding carboxylic acids is 1. The Balaban J connectivity index is 1.77. The maximum Gasteiger partial charge on any atom is 0.283 e. The Labute approximate surface area is 179 Å². The van der Waals surface area contributed by atoms with Crippen molar-refractivity contribution in [3.05, 3.63) is 65.7 Å². The molecule has 0 aliphatic heterocycles. The Hall–Kier alpha value is -2.22. The van der Waals surface area contributed by atoms with Crippen molar-refractivity contribution in [2.45, 2.75) is 56.6 Å². The van der Waals surface area contributed by atoms with Gasteiger partial charge in [0.25, 0.3) is 5.91 Å². The Kier molecular flexibility index (Phi) is 7.28. The molecule has 0 spiro atoms. The third kappa shape index (κ3) is 5.28. The van der Waals surface area contributed by atoms with Gasteiger partial charge in [-0.3, -0.25) is 4.79 Å². The van der Waals surface area contributed by atoms with E-state index in [0.29, 0.717) is 24.0 Å². The van der Waals surface area contributed by atoms with E-state index in [2.05, 4.69) is 5.32 Å². The Bertz CT molecular complexity index is 937. The second kappa shape index (κ2) is 9.73. The van der Waals surface area contributed by atoms with Crippen LogP contribution in [0.25, 0.3) is 0 Å². The number of benzene rings is 2. The zero-order valence-electron chi connectivity index (χ0n) is 17.9. The van der Waals surface area contributed by atoms with Crippen molar-refractivity contribution < 1.29 is 18.5 Å². The van der Waals surface area contributed by atoms with E-state index < -0.39 is 10.0 Å². The molecule has 2 aromatic rings. The highest BCUT2D eigenvalue weighted by atomic mass is 32.2. The lowest BCUT2D eigenvalue weighted by Crippen LogP contribution is -2.88. The molecule has 7 heteroatoms. The average Bonchev–Trinajstić information content (AvgIpc) is 3.57. The van der Waals surface area contributed by atoms with Gasteiger partial charge < -0.3 is 10.6 Å². The van der Waals surface area contributed by atoms with Crippen LogP contribution in [-0.4, -0.2) is 37.8 Å². The number of sulfonamides is 1. The van der Waals surface area contributed by atoms with Gasteiger partial charge in [-0.05, 0) is 31.9 Å². The van der Waals surface area contributed by atoms with Gasteiger partial charge in [0, 0.05) is 30.3 Å². The summed E-state index contributed by atoms with van der Waals surface area (Å²) in [5.41, 5.74) is 1.94. The summed E-state index contributed by atoms with van der Waals surface area (Å²) in [5, 5.41) is 5.15. The molecule has 0 radical (unpaired) electrons. The van der Waals surface area contributed by atoms with Crippen molar-refractivity contribution in [1.29, 1.82) is 0 Å². The summed E-state index contributed by atoms with van der Waals surface area (Å²) >= 11 is 0. The number of quaternary nitrogens is 1. The first kappa shape index (κ1) is 22.5. The fourth-order valence-electron chi connectivity index (χ4n) is 3.58. The molecule has 0 saturated heterocycles. The maximum atomic E-state index is 12.9. The minimum absolute atomic E-state index is 0.00892. The van der Waals surface area contributed by atoms with Crippen LogP contribution in [0.4, 0.5) is 0 Å². The van der Waals surface area contributed by atoms with Gasteiger partial charge in [-0.15, -0.1) is 0 Å². The van der Waals surface area contributed by atoms with Gasteiger partial charge in [-0.2, -0.15) is 4.31 Å². The second-order valence-electron chi connectivity index (χ2n) is 7.81. The summed E-state index contributed by atoms with van der Waals surface area (Å²) < 4.78 is 26.9. The molecule has 1 aliphatic carbocycles. The number of carbonyl (C=O) groups is 1. The smallest absolute Gasteiger partial charge is 0.283 e. The highest BCUT2D eigenvalue weighted by molar-refractivity contribution is 7.89. The maximum absolute atomic E-state index is 12.9. The summed E-state index contributed by atoms with van der Waals surface area (Å²) in [5.74, 6) is 0.0243. The molecular formula is C23H32N3O3S+. The monoisotopic (exact) mass is 430 g/mol. The fraction of sp³-hybridized carbons (Fsp3) is 0.435. The van der Waals surface area contributed by atoms with Gasteiger partial charge in [0.1, 0.15) is 6.04 Å². The molecule has 162 valence electrons. The molecule has 3 N–H and O–H groups in total. The van der Waals surface area contributed by atoms with Gasteiger partial charge in [0.15, 0.2) is 6.04 Å². The van der Waals surface area contributed by atoms with E-state index in [1.165, 1.54) is 4.31 Å². The second-order valence-corrected chi connectivity index (χ2v) is 9.75. The van der Waals surface area contributed by atoms with Crippen molar-refractivity contribution >= 4 is 15.9 Å². The normalized spacial score (nSPS) is 16.3. The summed E-state index contributed by atoms with van der Waals surface area (Å²) in [7, 11) is -3.47. The first-order valence-electron chi connectivity index (χ1n) is 10.7. The first-order chi connectivity index (χ1) is 14.4. The number of hydrogen-bond donors (Lipinski definition) is 2. The van der Waals surface area contributed by atoms with E-state index >= 15 is 0 Å². The number of amides is 1. The minimum Gasteiger partial charge on any atom is -0.348 e. The number of nitrogens with zero attached hydrogens (tertiary/aromatic N) is 1. The van der Waals surface area contributed by atoms with Gasteiger partial charge in [-0.1, -0.05) is 56.3 Å². The molecule has 1 fully saturated rings. The summed E-state index contributed by atoms with van der Waals surface area (Å²) in [6.45, 7) is 6.60. The lowest BCUT2D eigenvalue weighted by Gasteiger charge is -2.21. The average molecular weight is 431 g/mol. The molecule has 2 aromatic carbocycles. The van der Waals surface area contributed by atoms with Crippen LogP contribution < -0.4 is 10.6 Å². The highest BCUT2D eigenvalue weighted by Crippen LogP contribution is 2.21. The predicted octanol–water partition coefficient (Wildman–Crippen LogP) is 2.36. The van der Waals surface area contributed by atoms with Crippen LogP contribution in [0.3, 0.4) is 0 Å². The van der Waals surface area contributed by atoms with E-state index in [0.717, 1.165) is 24.0 Å². The first-order valence-corrected chi connectivity index (χ1v) is 12.1. The van der Waals surface area contributed by atoms with Gasteiger partial charge in [0.2, 0.25) is 10.0 Å². The van der Waals surface area contributed by atoms with E-state index in [-0.39, 0.29) is 18.0 Å². The Morgan fingerprint density at radius 3 is 2.17 bits per heavy atom. The van der Waals surface area contributed by atoms with Gasteiger partial charge in [-0.25, -0.2) is 8.42 Å². The zero-order chi connectivity index (χ0) is 21.7. The zero-order valence-corrected chi connectivity index (χ0v) is 18.7. The van der Waals surface area contributed by atoms with E-state index in [1.807, 2.05) is 68.6 Å². The molecule has 0 aromatic heterocycles. The number of hydrogen-bond acceptors (Lipinski definition) is 3. The number of rotatable bonds is 10. The summed E-state index contributed by atoms with van der Waals surface area (Å²) in [4.78, 5) is 13.2. The van der Waals surface area contributed by atoms with Crippen LogP contribution in [0.2, 0.25) is 0 Å². The van der Waals surface area contributed by atoms with E-state index in [9.17, 15) is 13.2 Å². The third-order valence-electron chi connectivity index (χ3n) is 5.60. The molecule has 6 nitrogen and oxygen atoms in total. The van der Waals surface area contributed by atoms with Gasteiger partial charge >= 0.3 is 0 Å². The minimum atomic E-state index is -3.47. The van der Waals surface area contributed by atoms with Crippen LogP contribution in [0.1, 0.15) is 56.8 Å². The molecule has 3 rings (SSSR count). The van der Waals surface area contributed by atoms with Crippen molar-refractivity contribution in [2.75, 3.05) is 13.1 Å². The highest BCUT2D eigenvalue weighted by Gasteiger charge is 2.32. The molecule has 1 saturated carbocycles. The van der Waals surface area contributed by atoms with Crippen molar-refractivity contribution in [3.63, 3.8) is 0 Å². The van der Waals surface area contributed by atoms with Crippen LogP contribution >= 0.6 is 0 Å². The van der Waals surface area contributed by atoms with Crippen LogP contribution in [0.5, 0.6) is 0 Å². The lowest BCUT2D eigenvalue weighted by atomic mass is 10.0. The largest absolute Gasteiger partial charge is 0.348 e. The Morgan fingerprint density at radius 2 is 1.63 bits per heavy atom. The van der Waals surface area contributed by atoms with E-state index in [1.54, 1.807) is 12.1 Å². The van der Waals surface area contributed by atoms with Crippen molar-refractivity contribution in [3.8, 4) is 0 Å². The quantitative estimate of drug-likeness (QED) is 0.607. The molecule has 0 unspecified atom stereocenters. The molecule has 1 aliphatic rings. The van der Waals surface area contributed by atoms with Crippen LogP contribution in [-0.2, 0) is 14.8 Å². The molecule has 30 heavy (non-hydrogen) atoms. The molecule has 2 atom stereocenters. The van der Waals surface area contributed by atoms with E-state index in [4.69, 9.17) is 0 Å². The van der Waals surface area contributed by atoms with Crippen molar-refractivity contribution in [1.82, 2.24) is 9.62 Å².